The van der Waals surface area contributed by atoms with Crippen molar-refractivity contribution in [1.82, 2.24) is 5.43 Å². The number of ether oxygens (including phenoxy) is 1. The van der Waals surface area contributed by atoms with Gasteiger partial charge in [0.2, 0.25) is 0 Å². The molecule has 0 aliphatic heterocycles. The lowest BCUT2D eigenvalue weighted by Gasteiger charge is -2.23. The van der Waals surface area contributed by atoms with Gasteiger partial charge in [0.25, 0.3) is 21.8 Å². The van der Waals surface area contributed by atoms with E-state index in [-0.39, 0.29) is 11.5 Å². The van der Waals surface area contributed by atoms with Crippen molar-refractivity contribution in [3.05, 3.63) is 90.0 Å². The summed E-state index contributed by atoms with van der Waals surface area (Å²) in [5.41, 5.74) is 9.36. The van der Waals surface area contributed by atoms with Crippen molar-refractivity contribution in [2.45, 2.75) is 11.8 Å². The van der Waals surface area contributed by atoms with Crippen molar-refractivity contribution in [2.75, 3.05) is 17.5 Å². The van der Waals surface area contributed by atoms with Gasteiger partial charge in [0, 0.05) is 0 Å². The van der Waals surface area contributed by atoms with Gasteiger partial charge < -0.3 is 10.5 Å². The molecule has 176 valence electrons. The standard InChI is InChI=1S/C24H24N4O5S/c1-18-7-11-20(12-8-18)28(34(31,32)22-5-3-2-4-6-22)16-24(30)27-26-15-19-9-13-21(14-10-19)33-17-23(25)29/h2-15H,16-17H2,1H3,(H2,25,29)(H,27,30)/b26-15-. The lowest BCUT2D eigenvalue weighted by Crippen LogP contribution is -2.39. The minimum atomic E-state index is -3.98. The number of aryl methyl sites for hydroxylation is 1. The van der Waals surface area contributed by atoms with E-state index < -0.39 is 28.4 Å². The fourth-order valence-corrected chi connectivity index (χ4v) is 4.34. The van der Waals surface area contributed by atoms with E-state index in [1.165, 1.54) is 18.3 Å². The minimum Gasteiger partial charge on any atom is -0.484 e. The monoisotopic (exact) mass is 480 g/mol. The van der Waals surface area contributed by atoms with E-state index in [4.69, 9.17) is 10.5 Å². The first-order chi connectivity index (χ1) is 16.3. The first-order valence-electron chi connectivity index (χ1n) is 10.2. The number of hydrogen-bond acceptors (Lipinski definition) is 6. The summed E-state index contributed by atoms with van der Waals surface area (Å²) < 4.78 is 32.7. The molecule has 0 aliphatic carbocycles. The van der Waals surface area contributed by atoms with Crippen LogP contribution in [0, 0.1) is 6.92 Å². The van der Waals surface area contributed by atoms with Gasteiger partial charge in [-0.1, -0.05) is 35.9 Å². The van der Waals surface area contributed by atoms with E-state index in [9.17, 15) is 18.0 Å². The molecule has 0 saturated carbocycles. The molecule has 0 aromatic heterocycles. The Labute approximate surface area is 197 Å². The second-order valence-electron chi connectivity index (χ2n) is 7.28. The minimum absolute atomic E-state index is 0.0746. The number of nitrogens with zero attached hydrogens (tertiary/aromatic N) is 2. The maximum Gasteiger partial charge on any atom is 0.264 e. The first-order valence-corrected chi connectivity index (χ1v) is 11.7. The Morgan fingerprint density at radius 3 is 2.26 bits per heavy atom. The summed E-state index contributed by atoms with van der Waals surface area (Å²) in [6.07, 6.45) is 1.40. The highest BCUT2D eigenvalue weighted by atomic mass is 32.2. The van der Waals surface area contributed by atoms with Gasteiger partial charge in [0.15, 0.2) is 6.61 Å². The number of nitrogens with one attached hydrogen (secondary N) is 1. The van der Waals surface area contributed by atoms with Crippen LogP contribution in [0.25, 0.3) is 0 Å². The number of rotatable bonds is 10. The van der Waals surface area contributed by atoms with Crippen LogP contribution in [-0.4, -0.2) is 39.6 Å². The smallest absolute Gasteiger partial charge is 0.264 e. The molecule has 0 spiro atoms. The molecule has 2 amide bonds. The number of benzene rings is 3. The average molecular weight is 481 g/mol. The zero-order valence-corrected chi connectivity index (χ0v) is 19.2. The van der Waals surface area contributed by atoms with Crippen LogP contribution in [0.1, 0.15) is 11.1 Å². The Morgan fingerprint density at radius 2 is 1.65 bits per heavy atom. The van der Waals surface area contributed by atoms with E-state index >= 15 is 0 Å². The van der Waals surface area contributed by atoms with Crippen LogP contribution in [0.15, 0.2) is 88.9 Å². The van der Waals surface area contributed by atoms with Crippen molar-refractivity contribution in [3.63, 3.8) is 0 Å². The van der Waals surface area contributed by atoms with E-state index in [0.717, 1.165) is 9.87 Å². The molecule has 0 unspecified atom stereocenters. The lowest BCUT2D eigenvalue weighted by molar-refractivity contribution is -0.120. The Morgan fingerprint density at radius 1 is 1.00 bits per heavy atom. The third kappa shape index (κ3) is 6.66. The summed E-state index contributed by atoms with van der Waals surface area (Å²) in [5.74, 6) is -0.736. The molecular weight excluding hydrogens is 456 g/mol. The van der Waals surface area contributed by atoms with Crippen LogP contribution in [0.4, 0.5) is 5.69 Å². The van der Waals surface area contributed by atoms with Crippen LogP contribution >= 0.6 is 0 Å². The molecule has 3 N–H and O–H groups in total. The second kappa shape index (κ2) is 11.1. The van der Waals surface area contributed by atoms with E-state index in [0.29, 0.717) is 17.0 Å². The molecule has 0 saturated heterocycles. The number of hydrogen-bond donors (Lipinski definition) is 2. The highest BCUT2D eigenvalue weighted by Crippen LogP contribution is 2.23. The van der Waals surface area contributed by atoms with Crippen LogP contribution in [0.3, 0.4) is 0 Å². The third-order valence-electron chi connectivity index (χ3n) is 4.60. The maximum atomic E-state index is 13.2. The fraction of sp³-hybridized carbons (Fsp3) is 0.125. The van der Waals surface area contributed by atoms with Gasteiger partial charge >= 0.3 is 0 Å². The summed E-state index contributed by atoms with van der Waals surface area (Å²) in [6, 6.07) is 21.3. The fourth-order valence-electron chi connectivity index (χ4n) is 2.89. The number of anilines is 1. The molecule has 0 fully saturated rings. The molecular formula is C24H24N4O5S. The number of carbonyl (C=O) groups excluding carboxylic acids is 2. The SMILES string of the molecule is Cc1ccc(N(CC(=O)N/N=C\c2ccc(OCC(N)=O)cc2)S(=O)(=O)c2ccccc2)cc1. The highest BCUT2D eigenvalue weighted by molar-refractivity contribution is 7.92. The van der Waals surface area contributed by atoms with Crippen molar-refractivity contribution >= 4 is 33.7 Å². The van der Waals surface area contributed by atoms with Crippen LogP contribution < -0.4 is 20.2 Å². The molecule has 9 nitrogen and oxygen atoms in total. The largest absolute Gasteiger partial charge is 0.484 e. The normalized spacial score (nSPS) is 11.2. The van der Waals surface area contributed by atoms with Gasteiger partial charge in [-0.05, 0) is 61.0 Å². The highest BCUT2D eigenvalue weighted by Gasteiger charge is 2.27. The van der Waals surface area contributed by atoms with Crippen molar-refractivity contribution in [3.8, 4) is 5.75 Å². The molecule has 0 atom stereocenters. The summed E-state index contributed by atoms with van der Waals surface area (Å²) >= 11 is 0. The quantitative estimate of drug-likeness (QED) is 0.339. The molecule has 0 aliphatic rings. The Balaban J connectivity index is 1.71. The van der Waals surface area contributed by atoms with Crippen LogP contribution in [0.5, 0.6) is 5.75 Å². The Kier molecular flexibility index (Phi) is 7.99. The zero-order valence-electron chi connectivity index (χ0n) is 18.4. The zero-order chi connectivity index (χ0) is 24.6. The molecule has 0 bridgehead atoms. The summed E-state index contributed by atoms with van der Waals surface area (Å²) in [5, 5.41) is 3.90. The number of nitrogens with two attached hydrogens (primary N) is 1. The predicted octanol–water partition coefficient (Wildman–Crippen LogP) is 2.20. The molecule has 0 radical (unpaired) electrons. The van der Waals surface area contributed by atoms with Gasteiger partial charge in [-0.2, -0.15) is 5.10 Å². The van der Waals surface area contributed by atoms with Crippen LogP contribution in [-0.2, 0) is 19.6 Å². The molecule has 3 rings (SSSR count). The van der Waals surface area contributed by atoms with Gasteiger partial charge in [0.05, 0.1) is 16.8 Å². The summed E-state index contributed by atoms with van der Waals surface area (Å²) in [4.78, 5) is 23.4. The predicted molar refractivity (Wildman–Crippen MR) is 129 cm³/mol. The van der Waals surface area contributed by atoms with Gasteiger partial charge in [-0.25, -0.2) is 13.8 Å². The molecule has 3 aromatic rings. The number of primary amides is 1. The van der Waals surface area contributed by atoms with Crippen LogP contribution in [0.2, 0.25) is 0 Å². The molecule has 3 aromatic carbocycles. The second-order valence-corrected chi connectivity index (χ2v) is 9.14. The maximum absolute atomic E-state index is 13.2. The number of carbonyl (C=O) groups is 2. The van der Waals surface area contributed by atoms with E-state index in [1.807, 2.05) is 6.92 Å². The third-order valence-corrected chi connectivity index (χ3v) is 6.39. The summed E-state index contributed by atoms with van der Waals surface area (Å²) in [7, 11) is -3.98. The van der Waals surface area contributed by atoms with Gasteiger partial charge in [-0.15, -0.1) is 0 Å². The number of hydrazone groups is 1. The first kappa shape index (κ1) is 24.5. The van der Waals surface area contributed by atoms with Crippen molar-refractivity contribution < 1.29 is 22.7 Å². The average Bonchev–Trinajstić information content (AvgIpc) is 2.83. The molecule has 34 heavy (non-hydrogen) atoms. The Hall–Kier alpha value is -4.18. The van der Waals surface area contributed by atoms with Crippen molar-refractivity contribution in [1.29, 1.82) is 0 Å². The molecule has 0 heterocycles. The van der Waals surface area contributed by atoms with E-state index in [2.05, 4.69) is 10.5 Å². The summed E-state index contributed by atoms with van der Waals surface area (Å²) in [6.45, 7) is 1.20. The topological polar surface area (TPSA) is 131 Å². The van der Waals surface area contributed by atoms with E-state index in [1.54, 1.807) is 66.7 Å². The number of sulfonamides is 1. The van der Waals surface area contributed by atoms with Gasteiger partial charge in [-0.3, -0.25) is 13.9 Å². The lowest BCUT2D eigenvalue weighted by atomic mass is 10.2. The number of amides is 2. The molecule has 10 heteroatoms. The Bertz CT molecular complexity index is 1260. The van der Waals surface area contributed by atoms with Gasteiger partial charge in [0.1, 0.15) is 12.3 Å². The van der Waals surface area contributed by atoms with Crippen molar-refractivity contribution in [2.24, 2.45) is 10.8 Å².